The number of phosphoric ester groups is 2. The number of unbranched alkanes of at least 4 members (excludes halogenated alkanes) is 22. The molecule has 0 bridgehead atoms. The van der Waals surface area contributed by atoms with E-state index >= 15 is 0 Å². The summed E-state index contributed by atoms with van der Waals surface area (Å²) in [5, 5.41) is 41.3. The van der Waals surface area contributed by atoms with Gasteiger partial charge < -0.3 is 50.3 Å². The fourth-order valence-corrected chi connectivity index (χ4v) is 8.40. The number of rotatable bonds is 37. The first-order chi connectivity index (χ1) is 27.6. The monoisotopic (exact) mass is 877 g/mol. The topological polar surface area (TPSA) is 282 Å². The molecule has 0 aromatic heterocycles. The molecule has 0 aromatic rings. The van der Waals surface area contributed by atoms with E-state index in [0.29, 0.717) is 12.8 Å². The number of carbonyl (C=O) groups excluding carboxylic acids is 2. The predicted octanol–water partition coefficient (Wildman–Crippen LogP) is 6.00. The summed E-state index contributed by atoms with van der Waals surface area (Å²) < 4.78 is 49.0. The lowest BCUT2D eigenvalue weighted by Crippen LogP contribution is -2.64. The van der Waals surface area contributed by atoms with Crippen molar-refractivity contribution in [1.82, 2.24) is 0 Å². The predicted molar refractivity (Wildman–Crippen MR) is 217 cm³/mol. The molecule has 9 N–H and O–H groups in total. The van der Waals surface area contributed by atoms with E-state index in [1.165, 1.54) is 83.5 Å². The molecule has 1 rings (SSSR count). The Bertz CT molecular complexity index is 1150. The Morgan fingerprint density at radius 3 is 1.29 bits per heavy atom. The molecular formula is C39H77NO16P2. The van der Waals surface area contributed by atoms with E-state index in [-0.39, 0.29) is 12.8 Å². The Labute approximate surface area is 345 Å². The molecule has 0 spiro atoms. The van der Waals surface area contributed by atoms with E-state index in [1.54, 1.807) is 0 Å². The zero-order valence-corrected chi connectivity index (χ0v) is 36.6. The second-order valence-electron chi connectivity index (χ2n) is 15.6. The first kappa shape index (κ1) is 55.0. The minimum absolute atomic E-state index is 0.0534. The lowest BCUT2D eigenvalue weighted by atomic mass is 9.85. The van der Waals surface area contributed by atoms with Gasteiger partial charge in [-0.15, -0.1) is 0 Å². The van der Waals surface area contributed by atoms with Crippen molar-refractivity contribution in [3.63, 3.8) is 0 Å². The van der Waals surface area contributed by atoms with Crippen LogP contribution in [0.15, 0.2) is 0 Å². The summed E-state index contributed by atoms with van der Waals surface area (Å²) in [5.74, 6) is -1.20. The highest BCUT2D eigenvalue weighted by Crippen LogP contribution is 2.48. The molecule has 0 radical (unpaired) electrons. The maximum Gasteiger partial charge on any atom is 0.472 e. The van der Waals surface area contributed by atoms with E-state index in [9.17, 15) is 44.0 Å². The van der Waals surface area contributed by atoms with E-state index < -0.39 is 83.5 Å². The van der Waals surface area contributed by atoms with Crippen molar-refractivity contribution < 1.29 is 76.9 Å². The number of ether oxygens (including phenoxy) is 2. The molecule has 0 aliphatic heterocycles. The molecule has 8 atom stereocenters. The van der Waals surface area contributed by atoms with Crippen molar-refractivity contribution in [2.75, 3.05) is 19.8 Å². The van der Waals surface area contributed by atoms with E-state index in [4.69, 9.17) is 34.0 Å². The molecule has 1 saturated carbocycles. The third kappa shape index (κ3) is 27.0. The Morgan fingerprint density at radius 2 is 0.897 bits per heavy atom. The van der Waals surface area contributed by atoms with Gasteiger partial charge in [-0.05, 0) is 25.8 Å². The number of phosphoric acid groups is 2. The average Bonchev–Trinajstić information content (AvgIpc) is 3.17. The smallest absolute Gasteiger partial charge is 0.462 e. The second-order valence-corrected chi connectivity index (χ2v) is 18.2. The summed E-state index contributed by atoms with van der Waals surface area (Å²) in [4.78, 5) is 53.8. The van der Waals surface area contributed by atoms with Crippen LogP contribution >= 0.6 is 15.6 Å². The van der Waals surface area contributed by atoms with Gasteiger partial charge in [0.15, 0.2) is 6.10 Å². The van der Waals surface area contributed by atoms with Crippen molar-refractivity contribution in [3.8, 4) is 0 Å². The summed E-state index contributed by atoms with van der Waals surface area (Å²) in [6.45, 7) is 1.64. The van der Waals surface area contributed by atoms with Crippen LogP contribution in [0.4, 0.5) is 0 Å². The van der Waals surface area contributed by atoms with Gasteiger partial charge in [-0.1, -0.05) is 142 Å². The molecule has 17 nitrogen and oxygen atoms in total. The molecule has 1 aliphatic carbocycles. The van der Waals surface area contributed by atoms with Crippen molar-refractivity contribution >= 4 is 27.6 Å². The maximum absolute atomic E-state index is 12.9. The van der Waals surface area contributed by atoms with E-state index in [2.05, 4.69) is 11.4 Å². The Hall–Kier alpha value is -1.04. The molecular weight excluding hydrogens is 800 g/mol. The summed E-state index contributed by atoms with van der Waals surface area (Å²) in [6, 6.07) is 0. The molecule has 0 aromatic carbocycles. The Balaban J connectivity index is 2.61. The van der Waals surface area contributed by atoms with Crippen LogP contribution in [0.5, 0.6) is 0 Å². The van der Waals surface area contributed by atoms with Crippen LogP contribution in [0, 0.1) is 0 Å². The number of hydrogen-bond donors (Lipinski definition) is 8. The number of aliphatic hydroxyl groups excluding tert-OH is 4. The summed E-state index contributed by atoms with van der Waals surface area (Å²) in [7, 11) is -10.6. The number of carbonyl (C=O) groups is 2. The first-order valence-corrected chi connectivity index (χ1v) is 24.8. The van der Waals surface area contributed by atoms with Crippen LogP contribution in [0.3, 0.4) is 0 Å². The van der Waals surface area contributed by atoms with Gasteiger partial charge in [-0.3, -0.25) is 23.2 Å². The third-order valence-electron chi connectivity index (χ3n) is 10.3. The molecule has 19 heteroatoms. The molecule has 0 heterocycles. The standard InChI is InChI=1S/C39H77NO16P2/c1-2-3-4-5-6-7-8-9-11-15-18-21-24-27-33(42)54-31(29-52-32(41)26-23-20-17-14-12-10-13-16-19-22-25-28-40)30-53-58(50,51)56-39-36(45)34(43)38(35(44)37(39)46)55-57(47,48)49/h31,34-39,43-46H,2-30,40H2,1H3,(H,50,51)(H2,47,48,49)/t31-,34-,35+,36+,37?,38?,39?/m1/s1. The molecule has 1 aliphatic rings. The normalized spacial score (nSPS) is 22.7. The van der Waals surface area contributed by atoms with Gasteiger partial charge in [0.1, 0.15) is 43.2 Å². The average molecular weight is 878 g/mol. The highest BCUT2D eigenvalue weighted by molar-refractivity contribution is 7.47. The van der Waals surface area contributed by atoms with Crippen LogP contribution in [-0.2, 0) is 41.8 Å². The summed E-state index contributed by atoms with van der Waals surface area (Å²) in [6.07, 6.45) is 11.8. The highest BCUT2D eigenvalue weighted by atomic mass is 31.2. The largest absolute Gasteiger partial charge is 0.472 e. The van der Waals surface area contributed by atoms with Gasteiger partial charge in [-0.2, -0.15) is 0 Å². The fraction of sp³-hybridized carbons (Fsp3) is 0.949. The van der Waals surface area contributed by atoms with Crippen molar-refractivity contribution in [1.29, 1.82) is 0 Å². The summed E-state index contributed by atoms with van der Waals surface area (Å²) in [5.41, 5.74) is 5.53. The summed E-state index contributed by atoms with van der Waals surface area (Å²) >= 11 is 0. The lowest BCUT2D eigenvalue weighted by Gasteiger charge is -2.43. The number of aliphatic hydroxyl groups is 4. The minimum atomic E-state index is -5.30. The number of hydrogen-bond acceptors (Lipinski definition) is 14. The zero-order valence-electron chi connectivity index (χ0n) is 34.8. The maximum atomic E-state index is 12.9. The molecule has 0 saturated heterocycles. The third-order valence-corrected chi connectivity index (χ3v) is 11.8. The van der Waals surface area contributed by atoms with Gasteiger partial charge in [0.25, 0.3) is 0 Å². The van der Waals surface area contributed by atoms with Crippen LogP contribution in [0.25, 0.3) is 0 Å². The molecule has 344 valence electrons. The van der Waals surface area contributed by atoms with Gasteiger partial charge in [0.2, 0.25) is 0 Å². The zero-order chi connectivity index (χ0) is 43.2. The van der Waals surface area contributed by atoms with Crippen LogP contribution in [0.2, 0.25) is 0 Å². The lowest BCUT2D eigenvalue weighted by molar-refractivity contribution is -0.216. The van der Waals surface area contributed by atoms with Gasteiger partial charge >= 0.3 is 27.6 Å². The minimum Gasteiger partial charge on any atom is -0.462 e. The quantitative estimate of drug-likeness (QED) is 0.0202. The first-order valence-electron chi connectivity index (χ1n) is 21.8. The number of nitrogens with two attached hydrogens (primary N) is 1. The Morgan fingerprint density at radius 1 is 0.534 bits per heavy atom. The van der Waals surface area contributed by atoms with Crippen LogP contribution in [0.1, 0.15) is 174 Å². The molecule has 1 fully saturated rings. The van der Waals surface area contributed by atoms with Gasteiger partial charge in [0, 0.05) is 12.8 Å². The molecule has 4 unspecified atom stereocenters. The van der Waals surface area contributed by atoms with E-state index in [1.807, 2.05) is 0 Å². The fourth-order valence-electron chi connectivity index (χ4n) is 6.86. The van der Waals surface area contributed by atoms with Crippen LogP contribution in [-0.4, -0.2) is 110 Å². The Kier molecular flexibility index (Phi) is 30.9. The van der Waals surface area contributed by atoms with Gasteiger partial charge in [0.05, 0.1) is 6.61 Å². The number of esters is 2. The van der Waals surface area contributed by atoms with E-state index in [0.717, 1.165) is 64.3 Å². The van der Waals surface area contributed by atoms with Crippen LogP contribution < -0.4 is 5.73 Å². The van der Waals surface area contributed by atoms with Gasteiger partial charge in [-0.25, -0.2) is 9.13 Å². The second kappa shape index (κ2) is 32.6. The molecule has 0 amide bonds. The van der Waals surface area contributed by atoms with Crippen molar-refractivity contribution in [2.24, 2.45) is 5.73 Å². The highest BCUT2D eigenvalue weighted by Gasteiger charge is 2.54. The van der Waals surface area contributed by atoms with Crippen molar-refractivity contribution in [2.45, 2.75) is 217 Å². The SMILES string of the molecule is CCCCCCCCCCCCCCCC(=O)O[C@H](COC(=O)CCCCCCCCCCCCCN)COP(=O)(O)OC1C(O)[C@H](O)C(OP(=O)(O)O)[C@H](O)[C@@H]1O. The van der Waals surface area contributed by atoms with Crippen molar-refractivity contribution in [3.05, 3.63) is 0 Å². The molecule has 58 heavy (non-hydrogen) atoms.